The number of hydrogen-bond donors (Lipinski definition) is 1. The molecule has 0 aliphatic carbocycles. The summed E-state index contributed by atoms with van der Waals surface area (Å²) in [4.78, 5) is 0. The van der Waals surface area contributed by atoms with Gasteiger partial charge in [-0.15, -0.1) is 0 Å². The van der Waals surface area contributed by atoms with Crippen LogP contribution in [0.25, 0.3) is 0 Å². The summed E-state index contributed by atoms with van der Waals surface area (Å²) in [6.45, 7) is 7.57. The van der Waals surface area contributed by atoms with Crippen LogP contribution in [0.1, 0.15) is 62.1 Å². The molecule has 0 amide bonds. The molecule has 1 heterocycles. The van der Waals surface area contributed by atoms with Crippen molar-refractivity contribution in [1.82, 2.24) is 5.32 Å². The Morgan fingerprint density at radius 1 is 1.00 bits per heavy atom. The van der Waals surface area contributed by atoms with Crippen LogP contribution in [0.2, 0.25) is 0 Å². The Hall–Kier alpha value is -1.54. The van der Waals surface area contributed by atoms with E-state index in [1.165, 1.54) is 23.1 Å². The SMILES string of the molecule is CCCNC(c1ccc(CCC)cc1)c1ccoc1CC. The molecule has 0 saturated heterocycles. The predicted octanol–water partition coefficient (Wildman–Crippen LogP) is 4.88. The van der Waals surface area contributed by atoms with E-state index in [4.69, 9.17) is 4.42 Å². The maximum atomic E-state index is 5.62. The molecule has 0 radical (unpaired) electrons. The lowest BCUT2D eigenvalue weighted by atomic mass is 9.96. The van der Waals surface area contributed by atoms with Gasteiger partial charge in [0, 0.05) is 12.0 Å². The molecule has 1 aromatic heterocycles. The van der Waals surface area contributed by atoms with Crippen LogP contribution in [0, 0.1) is 0 Å². The molecule has 114 valence electrons. The number of nitrogens with one attached hydrogen (secondary N) is 1. The van der Waals surface area contributed by atoms with Crippen molar-refractivity contribution in [3.05, 3.63) is 59.0 Å². The van der Waals surface area contributed by atoms with Crippen LogP contribution in [0.4, 0.5) is 0 Å². The second-order valence-electron chi connectivity index (χ2n) is 5.53. The maximum absolute atomic E-state index is 5.62. The molecule has 1 N–H and O–H groups in total. The average molecular weight is 285 g/mol. The second-order valence-corrected chi connectivity index (χ2v) is 5.53. The Bertz CT molecular complexity index is 527. The van der Waals surface area contributed by atoms with Gasteiger partial charge in [0.15, 0.2) is 0 Å². The Morgan fingerprint density at radius 2 is 1.76 bits per heavy atom. The van der Waals surface area contributed by atoms with Gasteiger partial charge < -0.3 is 9.73 Å². The van der Waals surface area contributed by atoms with E-state index in [-0.39, 0.29) is 6.04 Å². The first-order chi connectivity index (χ1) is 10.3. The molecule has 2 nitrogen and oxygen atoms in total. The topological polar surface area (TPSA) is 25.2 Å². The van der Waals surface area contributed by atoms with Crippen LogP contribution in [-0.2, 0) is 12.8 Å². The third kappa shape index (κ3) is 3.98. The monoisotopic (exact) mass is 285 g/mol. The molecule has 1 unspecified atom stereocenters. The number of rotatable bonds is 8. The Balaban J connectivity index is 2.26. The lowest BCUT2D eigenvalue weighted by Crippen LogP contribution is -2.23. The first-order valence-corrected chi connectivity index (χ1v) is 8.18. The normalized spacial score (nSPS) is 12.5. The summed E-state index contributed by atoms with van der Waals surface area (Å²) in [6.07, 6.45) is 6.21. The highest BCUT2D eigenvalue weighted by molar-refractivity contribution is 5.35. The van der Waals surface area contributed by atoms with Crippen LogP contribution in [0.3, 0.4) is 0 Å². The molecule has 2 heteroatoms. The minimum Gasteiger partial charge on any atom is -0.469 e. The maximum Gasteiger partial charge on any atom is 0.108 e. The summed E-state index contributed by atoms with van der Waals surface area (Å²) < 4.78 is 5.62. The predicted molar refractivity (Wildman–Crippen MR) is 88.7 cm³/mol. The molecular formula is C19H27NO. The van der Waals surface area contributed by atoms with Crippen molar-refractivity contribution in [3.8, 4) is 0 Å². The van der Waals surface area contributed by atoms with E-state index < -0.39 is 0 Å². The van der Waals surface area contributed by atoms with Crippen molar-refractivity contribution in [3.63, 3.8) is 0 Å². The van der Waals surface area contributed by atoms with Crippen LogP contribution in [0.5, 0.6) is 0 Å². The lowest BCUT2D eigenvalue weighted by molar-refractivity contribution is 0.500. The third-order valence-corrected chi connectivity index (χ3v) is 3.86. The van der Waals surface area contributed by atoms with Crippen molar-refractivity contribution >= 4 is 0 Å². The van der Waals surface area contributed by atoms with Gasteiger partial charge in [0.2, 0.25) is 0 Å². The highest BCUT2D eigenvalue weighted by Gasteiger charge is 2.18. The molecule has 0 saturated carbocycles. The average Bonchev–Trinajstić information content (AvgIpc) is 2.98. The minimum absolute atomic E-state index is 0.231. The molecule has 1 aromatic carbocycles. The molecule has 2 aromatic rings. The van der Waals surface area contributed by atoms with Crippen molar-refractivity contribution in [2.45, 2.75) is 52.5 Å². The molecular weight excluding hydrogens is 258 g/mol. The Labute approximate surface area is 128 Å². The first kappa shape index (κ1) is 15.8. The van der Waals surface area contributed by atoms with Gasteiger partial charge >= 0.3 is 0 Å². The van der Waals surface area contributed by atoms with E-state index in [1.807, 2.05) is 0 Å². The van der Waals surface area contributed by atoms with E-state index in [1.54, 1.807) is 6.26 Å². The summed E-state index contributed by atoms with van der Waals surface area (Å²) in [5.41, 5.74) is 4.01. The van der Waals surface area contributed by atoms with E-state index in [0.717, 1.165) is 31.6 Å². The summed E-state index contributed by atoms with van der Waals surface area (Å²) in [7, 11) is 0. The zero-order chi connectivity index (χ0) is 15.1. The van der Waals surface area contributed by atoms with Gasteiger partial charge in [-0.25, -0.2) is 0 Å². The molecule has 0 fully saturated rings. The Kier molecular flexibility index (Phi) is 6.06. The first-order valence-electron chi connectivity index (χ1n) is 8.18. The molecule has 21 heavy (non-hydrogen) atoms. The molecule has 0 aliphatic rings. The largest absolute Gasteiger partial charge is 0.469 e. The fourth-order valence-electron chi connectivity index (χ4n) is 2.76. The van der Waals surface area contributed by atoms with Gasteiger partial charge in [0.1, 0.15) is 5.76 Å². The number of aryl methyl sites for hydroxylation is 2. The summed E-state index contributed by atoms with van der Waals surface area (Å²) in [6, 6.07) is 11.4. The minimum atomic E-state index is 0.231. The molecule has 1 atom stereocenters. The van der Waals surface area contributed by atoms with Crippen LogP contribution in [0.15, 0.2) is 41.0 Å². The van der Waals surface area contributed by atoms with Gasteiger partial charge in [-0.3, -0.25) is 0 Å². The number of furan rings is 1. The van der Waals surface area contributed by atoms with E-state index >= 15 is 0 Å². The van der Waals surface area contributed by atoms with Gasteiger partial charge in [-0.2, -0.15) is 0 Å². The highest BCUT2D eigenvalue weighted by atomic mass is 16.3. The van der Waals surface area contributed by atoms with Gasteiger partial charge in [0.25, 0.3) is 0 Å². The van der Waals surface area contributed by atoms with Gasteiger partial charge in [-0.05, 0) is 36.6 Å². The quantitative estimate of drug-likeness (QED) is 0.747. The molecule has 2 rings (SSSR count). The lowest BCUT2D eigenvalue weighted by Gasteiger charge is -2.19. The van der Waals surface area contributed by atoms with Crippen molar-refractivity contribution < 1.29 is 4.42 Å². The van der Waals surface area contributed by atoms with Crippen LogP contribution >= 0.6 is 0 Å². The van der Waals surface area contributed by atoms with Crippen LogP contribution < -0.4 is 5.32 Å². The zero-order valence-electron chi connectivity index (χ0n) is 13.5. The number of benzene rings is 1. The molecule has 0 spiro atoms. The summed E-state index contributed by atoms with van der Waals surface area (Å²) >= 11 is 0. The summed E-state index contributed by atoms with van der Waals surface area (Å²) in [5, 5.41) is 3.65. The van der Waals surface area contributed by atoms with Crippen molar-refractivity contribution in [2.75, 3.05) is 6.54 Å². The third-order valence-electron chi connectivity index (χ3n) is 3.86. The van der Waals surface area contributed by atoms with Crippen molar-refractivity contribution in [2.24, 2.45) is 0 Å². The standard InChI is InChI=1S/C19H27NO/c1-4-7-15-8-10-16(11-9-15)19(20-13-5-2)17-12-14-21-18(17)6-3/h8-12,14,19-20H,4-7,13H2,1-3H3. The highest BCUT2D eigenvalue weighted by Crippen LogP contribution is 2.27. The fraction of sp³-hybridized carbons (Fsp3) is 0.474. The van der Waals surface area contributed by atoms with E-state index in [9.17, 15) is 0 Å². The fourth-order valence-corrected chi connectivity index (χ4v) is 2.76. The van der Waals surface area contributed by atoms with E-state index in [0.29, 0.717) is 0 Å². The second kappa shape index (κ2) is 8.04. The van der Waals surface area contributed by atoms with Crippen LogP contribution in [-0.4, -0.2) is 6.54 Å². The van der Waals surface area contributed by atoms with E-state index in [2.05, 4.69) is 56.4 Å². The van der Waals surface area contributed by atoms with Crippen molar-refractivity contribution in [1.29, 1.82) is 0 Å². The number of hydrogen-bond acceptors (Lipinski definition) is 2. The molecule has 0 bridgehead atoms. The van der Waals surface area contributed by atoms with Gasteiger partial charge in [0.05, 0.1) is 12.3 Å². The summed E-state index contributed by atoms with van der Waals surface area (Å²) in [5.74, 6) is 1.08. The smallest absolute Gasteiger partial charge is 0.108 e. The van der Waals surface area contributed by atoms with Gasteiger partial charge in [-0.1, -0.05) is 51.5 Å². The molecule has 0 aliphatic heterocycles. The Morgan fingerprint density at radius 3 is 2.38 bits per heavy atom. The zero-order valence-corrected chi connectivity index (χ0v) is 13.5.